The molecule has 36 heavy (non-hydrogen) atoms. The summed E-state index contributed by atoms with van der Waals surface area (Å²) in [4.78, 5) is 18.2. The summed E-state index contributed by atoms with van der Waals surface area (Å²) in [5.41, 5.74) is 5.19. The summed E-state index contributed by atoms with van der Waals surface area (Å²) in [6, 6.07) is 20.6. The van der Waals surface area contributed by atoms with E-state index in [1.807, 2.05) is 42.5 Å². The fourth-order valence-electron chi connectivity index (χ4n) is 4.61. The number of pyridine rings is 1. The highest BCUT2D eigenvalue weighted by Crippen LogP contribution is 2.39. The van der Waals surface area contributed by atoms with Gasteiger partial charge in [0.25, 0.3) is 0 Å². The Morgan fingerprint density at radius 2 is 1.81 bits per heavy atom. The SMILES string of the molecule is O=C(OCCOc1ccc(Cl)cc1)c1c2c(nc3ccccc13)C(=Cc1ccc3c(c1)OCO3)CC2. The topological polar surface area (TPSA) is 66.9 Å². The summed E-state index contributed by atoms with van der Waals surface area (Å²) in [6.45, 7) is 0.614. The lowest BCUT2D eigenvalue weighted by atomic mass is 10.0. The number of benzene rings is 3. The van der Waals surface area contributed by atoms with Crippen molar-refractivity contribution in [3.8, 4) is 17.2 Å². The van der Waals surface area contributed by atoms with Crippen molar-refractivity contribution in [3.63, 3.8) is 0 Å². The molecule has 3 aromatic carbocycles. The standard InChI is InChI=1S/C29H22ClNO5/c30-20-7-9-21(10-8-20)33-13-14-34-29(32)27-22-3-1-2-4-24(22)31-28-19(6-11-23(27)28)15-18-5-12-25-26(16-18)36-17-35-25/h1-5,7-10,12,15-16H,6,11,13-14,17H2. The van der Waals surface area contributed by atoms with Crippen LogP contribution in [0.4, 0.5) is 0 Å². The van der Waals surface area contributed by atoms with Crippen LogP contribution in [0.3, 0.4) is 0 Å². The first-order chi connectivity index (χ1) is 17.7. The molecular weight excluding hydrogens is 478 g/mol. The van der Waals surface area contributed by atoms with Gasteiger partial charge in [-0.25, -0.2) is 9.78 Å². The van der Waals surface area contributed by atoms with E-state index in [1.54, 1.807) is 24.3 Å². The molecule has 2 heterocycles. The zero-order valence-electron chi connectivity index (χ0n) is 19.3. The molecule has 0 amide bonds. The molecule has 0 saturated heterocycles. The van der Waals surface area contributed by atoms with Crippen molar-refractivity contribution in [2.75, 3.05) is 20.0 Å². The van der Waals surface area contributed by atoms with Crippen LogP contribution >= 0.6 is 11.6 Å². The second-order valence-electron chi connectivity index (χ2n) is 8.55. The maximum absolute atomic E-state index is 13.3. The molecule has 180 valence electrons. The minimum Gasteiger partial charge on any atom is -0.490 e. The molecule has 0 fully saturated rings. The van der Waals surface area contributed by atoms with Crippen molar-refractivity contribution in [2.45, 2.75) is 12.8 Å². The predicted octanol–water partition coefficient (Wildman–Crippen LogP) is 6.34. The fraction of sp³-hybridized carbons (Fsp3) is 0.172. The normalized spacial score (nSPS) is 14.8. The zero-order valence-corrected chi connectivity index (χ0v) is 20.1. The van der Waals surface area contributed by atoms with Gasteiger partial charge in [0.05, 0.1) is 16.8 Å². The lowest BCUT2D eigenvalue weighted by molar-refractivity contribution is 0.0451. The minimum atomic E-state index is -0.367. The number of hydrogen-bond donors (Lipinski definition) is 0. The third-order valence-corrected chi connectivity index (χ3v) is 6.53. The van der Waals surface area contributed by atoms with Crippen molar-refractivity contribution in [1.82, 2.24) is 4.98 Å². The molecule has 0 radical (unpaired) electrons. The number of para-hydroxylation sites is 1. The van der Waals surface area contributed by atoms with Crippen LogP contribution in [-0.4, -0.2) is 31.0 Å². The zero-order chi connectivity index (χ0) is 24.5. The molecule has 6 nitrogen and oxygen atoms in total. The van der Waals surface area contributed by atoms with Gasteiger partial charge in [-0.2, -0.15) is 0 Å². The van der Waals surface area contributed by atoms with Crippen molar-refractivity contribution in [3.05, 3.63) is 94.1 Å². The van der Waals surface area contributed by atoms with E-state index in [1.165, 1.54) is 0 Å². The number of halogens is 1. The minimum absolute atomic E-state index is 0.132. The van der Waals surface area contributed by atoms with Gasteiger partial charge in [-0.05, 0) is 78.1 Å². The van der Waals surface area contributed by atoms with Crippen molar-refractivity contribution >= 4 is 40.1 Å². The van der Waals surface area contributed by atoms with Crippen LogP contribution in [0, 0.1) is 0 Å². The number of fused-ring (bicyclic) bond motifs is 3. The Labute approximate surface area is 213 Å². The molecule has 4 aromatic rings. The Morgan fingerprint density at radius 3 is 2.69 bits per heavy atom. The summed E-state index contributed by atoms with van der Waals surface area (Å²) in [5.74, 6) is 1.79. The second-order valence-corrected chi connectivity index (χ2v) is 8.99. The van der Waals surface area contributed by atoms with E-state index < -0.39 is 0 Å². The highest BCUT2D eigenvalue weighted by atomic mass is 35.5. The number of aromatic nitrogens is 1. The van der Waals surface area contributed by atoms with Crippen LogP contribution in [0.1, 0.15) is 33.6 Å². The van der Waals surface area contributed by atoms with E-state index in [4.69, 9.17) is 35.5 Å². The highest BCUT2D eigenvalue weighted by molar-refractivity contribution is 6.30. The van der Waals surface area contributed by atoms with Gasteiger partial charge in [0.2, 0.25) is 6.79 Å². The van der Waals surface area contributed by atoms with E-state index in [0.29, 0.717) is 16.3 Å². The molecule has 1 aliphatic carbocycles. The van der Waals surface area contributed by atoms with Gasteiger partial charge in [-0.15, -0.1) is 0 Å². The van der Waals surface area contributed by atoms with Gasteiger partial charge in [-0.3, -0.25) is 0 Å². The largest absolute Gasteiger partial charge is 0.490 e. The third kappa shape index (κ3) is 4.36. The van der Waals surface area contributed by atoms with Crippen LogP contribution in [0.2, 0.25) is 5.02 Å². The van der Waals surface area contributed by atoms with E-state index >= 15 is 0 Å². The summed E-state index contributed by atoms with van der Waals surface area (Å²) in [7, 11) is 0. The Balaban J connectivity index is 1.26. The van der Waals surface area contributed by atoms with Gasteiger partial charge in [0.15, 0.2) is 11.5 Å². The molecule has 6 rings (SSSR count). The first kappa shape index (κ1) is 22.4. The molecule has 1 aromatic heterocycles. The van der Waals surface area contributed by atoms with Gasteiger partial charge >= 0.3 is 5.97 Å². The number of hydrogen-bond acceptors (Lipinski definition) is 6. The van der Waals surface area contributed by atoms with E-state index in [-0.39, 0.29) is 26.0 Å². The second kappa shape index (κ2) is 9.55. The maximum atomic E-state index is 13.3. The molecule has 0 spiro atoms. The summed E-state index contributed by atoms with van der Waals surface area (Å²) >= 11 is 5.91. The molecule has 7 heteroatoms. The van der Waals surface area contributed by atoms with Crippen molar-refractivity contribution in [1.29, 1.82) is 0 Å². The van der Waals surface area contributed by atoms with Crippen LogP contribution in [0.15, 0.2) is 66.7 Å². The molecule has 0 saturated carbocycles. The predicted molar refractivity (Wildman–Crippen MR) is 138 cm³/mol. The first-order valence-corrected chi connectivity index (χ1v) is 12.1. The summed E-state index contributed by atoms with van der Waals surface area (Å²) in [5, 5.41) is 1.43. The van der Waals surface area contributed by atoms with Crippen molar-refractivity contribution < 1.29 is 23.7 Å². The van der Waals surface area contributed by atoms with E-state index in [2.05, 4.69) is 6.08 Å². The molecule has 0 unspecified atom stereocenters. The molecule has 1 aliphatic heterocycles. The Hall–Kier alpha value is -4.03. The molecule has 0 atom stereocenters. The number of allylic oxidation sites excluding steroid dienone is 1. The number of carbonyl (C=O) groups is 1. The number of esters is 1. The monoisotopic (exact) mass is 499 g/mol. The lowest BCUT2D eigenvalue weighted by Gasteiger charge is -2.13. The highest BCUT2D eigenvalue weighted by Gasteiger charge is 2.27. The Morgan fingerprint density at radius 1 is 0.972 bits per heavy atom. The molecule has 2 aliphatic rings. The number of carbonyl (C=O) groups excluding carboxylic acids is 1. The summed E-state index contributed by atoms with van der Waals surface area (Å²) < 4.78 is 22.2. The summed E-state index contributed by atoms with van der Waals surface area (Å²) in [6.07, 6.45) is 3.60. The van der Waals surface area contributed by atoms with Gasteiger partial charge in [0.1, 0.15) is 19.0 Å². The Bertz CT molecular complexity index is 1500. The number of nitrogens with zero attached hydrogens (tertiary/aromatic N) is 1. The quantitative estimate of drug-likeness (QED) is 0.228. The number of rotatable bonds is 6. The molecular formula is C29H22ClNO5. The van der Waals surface area contributed by atoms with Crippen LogP contribution in [0.25, 0.3) is 22.6 Å². The van der Waals surface area contributed by atoms with Crippen molar-refractivity contribution in [2.24, 2.45) is 0 Å². The average Bonchev–Trinajstić information content (AvgIpc) is 3.53. The van der Waals surface area contributed by atoms with Crippen LogP contribution in [0.5, 0.6) is 17.2 Å². The van der Waals surface area contributed by atoms with Gasteiger partial charge in [0, 0.05) is 10.4 Å². The number of ether oxygens (including phenoxy) is 4. The molecule has 0 N–H and O–H groups in total. The molecule has 0 bridgehead atoms. The Kier molecular flexibility index (Phi) is 5.95. The smallest absolute Gasteiger partial charge is 0.339 e. The first-order valence-electron chi connectivity index (χ1n) is 11.7. The maximum Gasteiger partial charge on any atom is 0.339 e. The third-order valence-electron chi connectivity index (χ3n) is 6.28. The van der Waals surface area contributed by atoms with Crippen LogP contribution in [-0.2, 0) is 11.2 Å². The van der Waals surface area contributed by atoms with E-state index in [0.717, 1.165) is 57.6 Å². The van der Waals surface area contributed by atoms with Gasteiger partial charge < -0.3 is 18.9 Å². The van der Waals surface area contributed by atoms with Gasteiger partial charge in [-0.1, -0.05) is 35.9 Å². The van der Waals surface area contributed by atoms with E-state index in [9.17, 15) is 4.79 Å². The lowest BCUT2D eigenvalue weighted by Crippen LogP contribution is -2.15. The average molecular weight is 500 g/mol. The van der Waals surface area contributed by atoms with Crippen LogP contribution < -0.4 is 14.2 Å². The fourth-order valence-corrected chi connectivity index (χ4v) is 4.74.